The van der Waals surface area contributed by atoms with Crippen molar-refractivity contribution in [3.63, 3.8) is 0 Å². The molecule has 4 aliphatic heterocycles. The van der Waals surface area contributed by atoms with Gasteiger partial charge in [0.15, 0.2) is 0 Å². The Morgan fingerprint density at radius 2 is 1.93 bits per heavy atom. The molecular weight excluding hydrogens is 662 g/mol. The molecule has 4 fully saturated rings. The lowest BCUT2D eigenvalue weighted by Crippen LogP contribution is -2.51. The van der Waals surface area contributed by atoms with E-state index in [2.05, 4.69) is 37.7 Å². The van der Waals surface area contributed by atoms with Crippen molar-refractivity contribution in [3.8, 4) is 11.8 Å². The average molecular weight is 699 g/mol. The lowest BCUT2D eigenvalue weighted by Gasteiger charge is -2.34. The molecule has 5 heterocycles. The Morgan fingerprint density at radius 3 is 2.67 bits per heavy atom. The molecule has 8 rings (SSSR count). The Bertz CT molecular complexity index is 1590. The summed E-state index contributed by atoms with van der Waals surface area (Å²) in [6.07, 6.45) is 4.35. The number of nitrogens with one attached hydrogen (secondary N) is 1. The van der Waals surface area contributed by atoms with Crippen molar-refractivity contribution in [3.05, 3.63) is 50.7 Å². The Labute approximate surface area is 263 Å². The second-order valence-corrected chi connectivity index (χ2v) is 14.4. The molecule has 5 aliphatic rings. The molecule has 2 aromatic carbocycles. The first kappa shape index (κ1) is 27.8. The van der Waals surface area contributed by atoms with Gasteiger partial charge >= 0.3 is 6.01 Å². The monoisotopic (exact) mass is 698 g/mol. The van der Waals surface area contributed by atoms with Crippen molar-refractivity contribution in [2.24, 2.45) is 5.41 Å². The van der Waals surface area contributed by atoms with Gasteiger partial charge in [-0.2, -0.15) is 9.97 Å². The zero-order chi connectivity index (χ0) is 29.3. The van der Waals surface area contributed by atoms with Crippen LogP contribution in [0, 0.1) is 8.99 Å². The second-order valence-electron chi connectivity index (χ2n) is 13.2. The van der Waals surface area contributed by atoms with Gasteiger partial charge in [0, 0.05) is 64.7 Å². The van der Waals surface area contributed by atoms with Gasteiger partial charge in [0.25, 0.3) is 5.91 Å². The van der Waals surface area contributed by atoms with Crippen LogP contribution < -0.4 is 15.0 Å². The maximum absolute atomic E-state index is 14.1. The number of hydrogen-bond donors (Lipinski definition) is 2. The highest BCUT2D eigenvalue weighted by Crippen LogP contribution is 2.47. The number of rotatable bonds is 7. The van der Waals surface area contributed by atoms with E-state index in [1.807, 2.05) is 23.1 Å². The number of hydrogen-bond acceptors (Lipinski definition) is 8. The number of halogens is 2. The number of benzene rings is 2. The fourth-order valence-corrected chi connectivity index (χ4v) is 8.32. The standard InChI is InChI=1S/C32H36FIN6O3/c33-20-6-9-38(12-20)17-32(7-8-32)18-43-31-36-27-16-40(15-25(27)29(37-31)39-13-21-4-5-22(14-39)35-21)30(42)24-11-23(41)10-19-2-1-3-26(34)28(19)24/h1-3,10-11,20-22,35,41H,4-9,12-18H2. The molecule has 3 saturated heterocycles. The lowest BCUT2D eigenvalue weighted by molar-refractivity contribution is 0.0752. The number of nitrogens with zero attached hydrogens (tertiary/aromatic N) is 5. The minimum absolute atomic E-state index is 0.0380. The van der Waals surface area contributed by atoms with Crippen LogP contribution in [0.15, 0.2) is 30.3 Å². The summed E-state index contributed by atoms with van der Waals surface area (Å²) in [5.41, 5.74) is 2.33. The van der Waals surface area contributed by atoms with Crippen LogP contribution in [0.3, 0.4) is 0 Å². The van der Waals surface area contributed by atoms with E-state index in [0.717, 1.165) is 83.3 Å². The first-order valence-electron chi connectivity index (χ1n) is 15.4. The van der Waals surface area contributed by atoms with Crippen LogP contribution in [-0.4, -0.2) is 88.4 Å². The van der Waals surface area contributed by atoms with E-state index >= 15 is 0 Å². The number of aromatic hydroxyl groups is 1. The number of amides is 1. The summed E-state index contributed by atoms with van der Waals surface area (Å²) in [6, 6.07) is 10.3. The summed E-state index contributed by atoms with van der Waals surface area (Å²) in [7, 11) is 0. The lowest BCUT2D eigenvalue weighted by atomic mass is 10.0. The van der Waals surface area contributed by atoms with E-state index in [0.29, 0.717) is 56.3 Å². The van der Waals surface area contributed by atoms with Gasteiger partial charge < -0.3 is 25.0 Å². The SMILES string of the molecule is O=C(c1cc(O)cc2cccc(I)c12)N1Cc2nc(OCC3(CN4CCC(F)C4)CC3)nc(N3CC4CCC(C3)N4)c2C1. The van der Waals surface area contributed by atoms with E-state index in [9.17, 15) is 14.3 Å². The number of aromatic nitrogens is 2. The Morgan fingerprint density at radius 1 is 1.12 bits per heavy atom. The molecule has 43 heavy (non-hydrogen) atoms. The number of carbonyl (C=O) groups is 1. The van der Waals surface area contributed by atoms with Crippen LogP contribution in [-0.2, 0) is 13.1 Å². The van der Waals surface area contributed by atoms with Gasteiger partial charge in [-0.1, -0.05) is 12.1 Å². The highest BCUT2D eigenvalue weighted by atomic mass is 127. The largest absolute Gasteiger partial charge is 0.508 e. The number of phenols is 1. The summed E-state index contributed by atoms with van der Waals surface area (Å²) in [4.78, 5) is 30.3. The molecule has 1 aromatic heterocycles. The minimum Gasteiger partial charge on any atom is -0.508 e. The molecule has 1 amide bonds. The predicted molar refractivity (Wildman–Crippen MR) is 169 cm³/mol. The fraction of sp³-hybridized carbons (Fsp3) is 0.531. The number of carbonyl (C=O) groups excluding carboxylic acids is 1. The molecule has 226 valence electrons. The van der Waals surface area contributed by atoms with Crippen molar-refractivity contribution in [2.75, 3.05) is 44.2 Å². The number of likely N-dealkylation sites (tertiary alicyclic amines) is 1. The van der Waals surface area contributed by atoms with Gasteiger partial charge in [0.05, 0.1) is 31.0 Å². The number of piperazine rings is 1. The van der Waals surface area contributed by atoms with Crippen LogP contribution >= 0.6 is 22.6 Å². The molecule has 2 N–H and O–H groups in total. The molecule has 11 heteroatoms. The van der Waals surface area contributed by atoms with Crippen LogP contribution in [0.2, 0.25) is 0 Å². The summed E-state index contributed by atoms with van der Waals surface area (Å²) in [5.74, 6) is 0.811. The third-order valence-corrected chi connectivity index (χ3v) is 10.8. The van der Waals surface area contributed by atoms with Gasteiger partial charge in [-0.25, -0.2) is 4.39 Å². The Kier molecular flexibility index (Phi) is 6.90. The Hall–Kier alpha value is -2.77. The van der Waals surface area contributed by atoms with E-state index in [1.54, 1.807) is 12.1 Å². The topological polar surface area (TPSA) is 94.1 Å². The number of phenolic OH excluding ortho intramolecular Hbond substituents is 1. The maximum Gasteiger partial charge on any atom is 0.318 e. The first-order chi connectivity index (χ1) is 20.8. The average Bonchev–Trinajstić information content (AvgIpc) is 3.24. The van der Waals surface area contributed by atoms with Crippen LogP contribution in [0.4, 0.5) is 10.2 Å². The predicted octanol–water partition coefficient (Wildman–Crippen LogP) is 4.24. The smallest absolute Gasteiger partial charge is 0.318 e. The van der Waals surface area contributed by atoms with Crippen molar-refractivity contribution in [2.45, 2.75) is 63.4 Å². The van der Waals surface area contributed by atoms with E-state index in [4.69, 9.17) is 14.7 Å². The zero-order valence-corrected chi connectivity index (χ0v) is 26.2. The van der Waals surface area contributed by atoms with E-state index < -0.39 is 6.17 Å². The zero-order valence-electron chi connectivity index (χ0n) is 24.1. The highest BCUT2D eigenvalue weighted by molar-refractivity contribution is 14.1. The summed E-state index contributed by atoms with van der Waals surface area (Å²) in [6.45, 7) is 5.20. The van der Waals surface area contributed by atoms with Gasteiger partial charge in [0.1, 0.15) is 17.7 Å². The van der Waals surface area contributed by atoms with Crippen LogP contribution in [0.5, 0.6) is 11.8 Å². The molecule has 3 unspecified atom stereocenters. The van der Waals surface area contributed by atoms with Gasteiger partial charge in [-0.05, 0) is 78.3 Å². The van der Waals surface area contributed by atoms with Crippen LogP contribution in [0.25, 0.3) is 10.8 Å². The maximum atomic E-state index is 14.1. The third-order valence-electron chi connectivity index (χ3n) is 9.92. The molecule has 1 saturated carbocycles. The van der Waals surface area contributed by atoms with Crippen molar-refractivity contribution >= 4 is 45.1 Å². The molecule has 9 nitrogen and oxygen atoms in total. The molecule has 2 bridgehead atoms. The van der Waals surface area contributed by atoms with E-state index in [-0.39, 0.29) is 17.1 Å². The minimum atomic E-state index is -0.722. The van der Waals surface area contributed by atoms with Crippen molar-refractivity contribution < 1.29 is 19.0 Å². The molecule has 1 aliphatic carbocycles. The fourth-order valence-electron chi connectivity index (χ4n) is 7.51. The van der Waals surface area contributed by atoms with E-state index in [1.165, 1.54) is 0 Å². The van der Waals surface area contributed by atoms with Crippen LogP contribution in [0.1, 0.15) is 53.7 Å². The summed E-state index contributed by atoms with van der Waals surface area (Å²) < 4.78 is 21.1. The van der Waals surface area contributed by atoms with Gasteiger partial charge in [0.2, 0.25) is 0 Å². The second kappa shape index (κ2) is 10.7. The summed E-state index contributed by atoms with van der Waals surface area (Å²) >= 11 is 2.25. The number of ether oxygens (including phenoxy) is 1. The number of anilines is 1. The van der Waals surface area contributed by atoms with Crippen molar-refractivity contribution in [1.29, 1.82) is 0 Å². The number of alkyl halides is 1. The quantitative estimate of drug-likeness (QED) is 0.355. The molecule has 3 aromatic rings. The molecule has 0 radical (unpaired) electrons. The normalized spacial score (nSPS) is 25.9. The van der Waals surface area contributed by atoms with Gasteiger partial charge in [-0.15, -0.1) is 0 Å². The highest BCUT2D eigenvalue weighted by Gasteiger charge is 2.46. The number of fused-ring (bicyclic) bond motifs is 4. The molecule has 0 spiro atoms. The third kappa shape index (κ3) is 5.31. The molecular formula is C32H36FIN6O3. The first-order valence-corrected chi connectivity index (χ1v) is 16.5. The van der Waals surface area contributed by atoms with Crippen molar-refractivity contribution in [1.82, 2.24) is 25.1 Å². The molecule has 3 atom stereocenters. The Balaban J connectivity index is 1.08. The van der Waals surface area contributed by atoms with Gasteiger partial charge in [-0.3, -0.25) is 9.69 Å². The summed E-state index contributed by atoms with van der Waals surface area (Å²) in [5, 5.41) is 15.8.